The lowest BCUT2D eigenvalue weighted by Gasteiger charge is -2.20. The van der Waals surface area contributed by atoms with Gasteiger partial charge in [0.2, 0.25) is 0 Å². The lowest BCUT2D eigenvalue weighted by molar-refractivity contribution is -0.136. The van der Waals surface area contributed by atoms with E-state index in [2.05, 4.69) is 13.8 Å². The molecule has 0 aliphatic heterocycles. The highest BCUT2D eigenvalue weighted by Gasteiger charge is 2.20. The molecule has 1 saturated carbocycles. The van der Waals surface area contributed by atoms with Crippen molar-refractivity contribution in [3.8, 4) is 0 Å². The van der Waals surface area contributed by atoms with Gasteiger partial charge in [0.05, 0.1) is 7.11 Å². The predicted molar refractivity (Wildman–Crippen MR) is 57.0 cm³/mol. The zero-order chi connectivity index (χ0) is 10.6. The Morgan fingerprint density at radius 3 is 2.21 bits per heavy atom. The molecule has 0 aromatic carbocycles. The van der Waals surface area contributed by atoms with Crippen molar-refractivity contribution >= 4 is 5.97 Å². The zero-order valence-corrected chi connectivity index (χ0v) is 9.43. The molecule has 0 radical (unpaired) electrons. The molecule has 2 nitrogen and oxygen atoms in total. The van der Waals surface area contributed by atoms with Crippen molar-refractivity contribution in [2.75, 3.05) is 7.11 Å². The van der Waals surface area contributed by atoms with Crippen molar-refractivity contribution in [3.05, 3.63) is 11.1 Å². The van der Waals surface area contributed by atoms with Gasteiger partial charge in [0.25, 0.3) is 0 Å². The van der Waals surface area contributed by atoms with E-state index in [1.54, 1.807) is 0 Å². The van der Waals surface area contributed by atoms with Crippen LogP contribution in [0.4, 0.5) is 0 Å². The molecule has 0 aromatic rings. The Morgan fingerprint density at radius 1 is 1.21 bits per heavy atom. The number of hydrogen-bond donors (Lipinski definition) is 0. The summed E-state index contributed by atoms with van der Waals surface area (Å²) in [6.07, 6.45) is 5.92. The molecule has 1 fully saturated rings. The van der Waals surface area contributed by atoms with Gasteiger partial charge in [-0.05, 0) is 31.6 Å². The number of hydrogen-bond acceptors (Lipinski definition) is 2. The third-order valence-electron chi connectivity index (χ3n) is 2.82. The lowest BCUT2D eigenvalue weighted by atomic mass is 9.87. The number of carbonyl (C=O) groups excluding carboxylic acids is 1. The topological polar surface area (TPSA) is 26.3 Å². The van der Waals surface area contributed by atoms with Crippen molar-refractivity contribution in [1.82, 2.24) is 0 Å². The van der Waals surface area contributed by atoms with Gasteiger partial charge in [0.1, 0.15) is 0 Å². The smallest absolute Gasteiger partial charge is 0.333 e. The van der Waals surface area contributed by atoms with Crippen molar-refractivity contribution in [1.29, 1.82) is 0 Å². The SMILES string of the molecule is COC(=O)C(=C1CCCCC1)C(C)C. The Labute approximate surface area is 86.3 Å². The third kappa shape index (κ3) is 2.60. The van der Waals surface area contributed by atoms with Crippen LogP contribution in [0.15, 0.2) is 11.1 Å². The summed E-state index contributed by atoms with van der Waals surface area (Å²) in [4.78, 5) is 11.6. The summed E-state index contributed by atoms with van der Waals surface area (Å²) in [5.74, 6) is 0.160. The molecule has 1 rings (SSSR count). The van der Waals surface area contributed by atoms with Crippen LogP contribution < -0.4 is 0 Å². The average molecular weight is 196 g/mol. The van der Waals surface area contributed by atoms with Crippen LogP contribution in [-0.4, -0.2) is 13.1 Å². The van der Waals surface area contributed by atoms with Gasteiger partial charge < -0.3 is 4.74 Å². The highest BCUT2D eigenvalue weighted by atomic mass is 16.5. The molecule has 2 heteroatoms. The average Bonchev–Trinajstić information content (AvgIpc) is 2.19. The zero-order valence-electron chi connectivity index (χ0n) is 9.43. The van der Waals surface area contributed by atoms with E-state index >= 15 is 0 Å². The molecule has 0 amide bonds. The molecule has 0 heterocycles. The van der Waals surface area contributed by atoms with Gasteiger partial charge in [-0.3, -0.25) is 0 Å². The molecule has 0 N–H and O–H groups in total. The Kier molecular flexibility index (Phi) is 4.18. The number of methoxy groups -OCH3 is 1. The second-order valence-electron chi connectivity index (χ2n) is 4.22. The van der Waals surface area contributed by atoms with E-state index in [9.17, 15) is 4.79 Å². The predicted octanol–water partition coefficient (Wildman–Crippen LogP) is 3.08. The van der Waals surface area contributed by atoms with Crippen LogP contribution in [0.2, 0.25) is 0 Å². The van der Waals surface area contributed by atoms with Crippen molar-refractivity contribution in [3.63, 3.8) is 0 Å². The summed E-state index contributed by atoms with van der Waals surface area (Å²) in [5, 5.41) is 0. The second-order valence-corrected chi connectivity index (χ2v) is 4.22. The molecule has 80 valence electrons. The first kappa shape index (κ1) is 11.3. The quantitative estimate of drug-likeness (QED) is 0.501. The third-order valence-corrected chi connectivity index (χ3v) is 2.82. The first-order valence-corrected chi connectivity index (χ1v) is 5.47. The molecule has 0 bridgehead atoms. The summed E-state index contributed by atoms with van der Waals surface area (Å²) in [6, 6.07) is 0. The van der Waals surface area contributed by atoms with Gasteiger partial charge in [-0.2, -0.15) is 0 Å². The van der Waals surface area contributed by atoms with Gasteiger partial charge >= 0.3 is 5.97 Å². The summed E-state index contributed by atoms with van der Waals surface area (Å²) in [6.45, 7) is 4.13. The molecule has 0 unspecified atom stereocenters. The summed E-state index contributed by atoms with van der Waals surface area (Å²) in [5.41, 5.74) is 2.25. The highest BCUT2D eigenvalue weighted by molar-refractivity contribution is 5.89. The van der Waals surface area contributed by atoms with Crippen molar-refractivity contribution in [2.24, 2.45) is 5.92 Å². The monoisotopic (exact) mass is 196 g/mol. The Bertz CT molecular complexity index is 231. The van der Waals surface area contributed by atoms with Gasteiger partial charge in [0, 0.05) is 5.57 Å². The Morgan fingerprint density at radius 2 is 1.79 bits per heavy atom. The Balaban J connectivity index is 2.88. The fourth-order valence-corrected chi connectivity index (χ4v) is 2.15. The van der Waals surface area contributed by atoms with Crippen LogP contribution in [0.1, 0.15) is 46.0 Å². The first-order chi connectivity index (χ1) is 6.66. The molecule has 0 saturated heterocycles. The van der Waals surface area contributed by atoms with E-state index in [0.29, 0.717) is 0 Å². The van der Waals surface area contributed by atoms with E-state index in [1.807, 2.05) is 0 Å². The van der Waals surface area contributed by atoms with Gasteiger partial charge in [0.15, 0.2) is 0 Å². The van der Waals surface area contributed by atoms with E-state index in [1.165, 1.54) is 31.9 Å². The van der Waals surface area contributed by atoms with Crippen LogP contribution in [-0.2, 0) is 9.53 Å². The molecular formula is C12H20O2. The van der Waals surface area contributed by atoms with Gasteiger partial charge in [-0.1, -0.05) is 25.8 Å². The summed E-state index contributed by atoms with van der Waals surface area (Å²) < 4.78 is 4.83. The minimum absolute atomic E-state index is 0.128. The van der Waals surface area contributed by atoms with Gasteiger partial charge in [-0.15, -0.1) is 0 Å². The maximum Gasteiger partial charge on any atom is 0.333 e. The number of allylic oxidation sites excluding steroid dienone is 1. The molecular weight excluding hydrogens is 176 g/mol. The van der Waals surface area contributed by atoms with Crippen LogP contribution >= 0.6 is 0 Å². The van der Waals surface area contributed by atoms with Crippen molar-refractivity contribution in [2.45, 2.75) is 46.0 Å². The molecule has 1 aliphatic carbocycles. The maximum absolute atomic E-state index is 11.6. The van der Waals surface area contributed by atoms with E-state index in [0.717, 1.165) is 18.4 Å². The normalized spacial score (nSPS) is 17.0. The fourth-order valence-electron chi connectivity index (χ4n) is 2.15. The van der Waals surface area contributed by atoms with E-state index in [-0.39, 0.29) is 11.9 Å². The largest absolute Gasteiger partial charge is 0.466 e. The number of ether oxygens (including phenoxy) is 1. The molecule has 0 atom stereocenters. The molecule has 0 aromatic heterocycles. The van der Waals surface area contributed by atoms with Crippen LogP contribution in [0.5, 0.6) is 0 Å². The fraction of sp³-hybridized carbons (Fsp3) is 0.750. The van der Waals surface area contributed by atoms with Crippen LogP contribution in [0, 0.1) is 5.92 Å². The van der Waals surface area contributed by atoms with Crippen LogP contribution in [0.25, 0.3) is 0 Å². The summed E-state index contributed by atoms with van der Waals surface area (Å²) >= 11 is 0. The number of rotatable bonds is 2. The number of esters is 1. The Hall–Kier alpha value is -0.790. The minimum Gasteiger partial charge on any atom is -0.466 e. The van der Waals surface area contributed by atoms with E-state index < -0.39 is 0 Å². The first-order valence-electron chi connectivity index (χ1n) is 5.47. The maximum atomic E-state index is 11.6. The van der Waals surface area contributed by atoms with Gasteiger partial charge in [-0.25, -0.2) is 4.79 Å². The molecule has 0 spiro atoms. The standard InChI is InChI=1S/C12H20O2/c1-9(2)11(12(13)14-3)10-7-5-4-6-8-10/h9H,4-8H2,1-3H3. The molecule has 1 aliphatic rings. The second kappa shape index (κ2) is 5.18. The number of carbonyl (C=O) groups is 1. The molecule has 14 heavy (non-hydrogen) atoms. The lowest BCUT2D eigenvalue weighted by Crippen LogP contribution is -2.14. The van der Waals surface area contributed by atoms with E-state index in [4.69, 9.17) is 4.74 Å². The van der Waals surface area contributed by atoms with Crippen LogP contribution in [0.3, 0.4) is 0 Å². The van der Waals surface area contributed by atoms with Crippen molar-refractivity contribution < 1.29 is 9.53 Å². The summed E-state index contributed by atoms with van der Waals surface area (Å²) in [7, 11) is 1.47. The minimum atomic E-state index is -0.128. The highest BCUT2D eigenvalue weighted by Crippen LogP contribution is 2.29.